The zero-order valence-corrected chi connectivity index (χ0v) is 11.6. The van der Waals surface area contributed by atoms with Gasteiger partial charge in [-0.2, -0.15) is 0 Å². The molecule has 7 heteroatoms. The highest BCUT2D eigenvalue weighted by Crippen LogP contribution is 2.25. The predicted molar refractivity (Wildman–Crippen MR) is 70.9 cm³/mol. The minimum atomic E-state index is -3.83. The fourth-order valence-corrected chi connectivity index (χ4v) is 3.82. The number of aryl methyl sites for hydroxylation is 1. The van der Waals surface area contributed by atoms with Gasteiger partial charge in [0.2, 0.25) is 0 Å². The zero-order valence-electron chi connectivity index (χ0n) is 9.98. The van der Waals surface area contributed by atoms with Crippen molar-refractivity contribution in [1.82, 2.24) is 0 Å². The number of sulfonamides is 1. The van der Waals surface area contributed by atoms with Crippen LogP contribution in [0.15, 0.2) is 34.5 Å². The van der Waals surface area contributed by atoms with Crippen molar-refractivity contribution in [1.29, 1.82) is 0 Å². The number of benzene rings is 1. The molecule has 0 aliphatic heterocycles. The van der Waals surface area contributed by atoms with E-state index < -0.39 is 21.7 Å². The molecule has 1 aromatic carbocycles. The van der Waals surface area contributed by atoms with Gasteiger partial charge in [-0.3, -0.25) is 4.72 Å². The van der Waals surface area contributed by atoms with E-state index in [0.29, 0.717) is 6.07 Å². The molecule has 0 bridgehead atoms. The van der Waals surface area contributed by atoms with Crippen molar-refractivity contribution < 1.29 is 17.2 Å². The number of hydrogen-bond acceptors (Lipinski definition) is 3. The number of rotatable bonds is 4. The van der Waals surface area contributed by atoms with Crippen LogP contribution >= 0.6 is 11.3 Å². The smallest absolute Gasteiger partial charge is 0.271 e. The molecule has 0 amide bonds. The molecule has 0 fully saturated rings. The molecule has 3 nitrogen and oxygen atoms in total. The molecule has 2 rings (SSSR count). The van der Waals surface area contributed by atoms with Crippen LogP contribution < -0.4 is 4.72 Å². The molecular formula is C12H11F2NO2S2. The Morgan fingerprint density at radius 1 is 1.21 bits per heavy atom. The standard InChI is InChI=1S/C12H11F2NO2S2/c1-2-9-4-6-12(18-9)19(16,17)15-11-5-3-8(13)7-10(11)14/h3-7,15H,2H2,1H3. The average molecular weight is 303 g/mol. The summed E-state index contributed by atoms with van der Waals surface area (Å²) < 4.78 is 52.4. The number of halogens is 2. The first-order chi connectivity index (χ1) is 8.92. The first-order valence-corrected chi connectivity index (χ1v) is 7.79. The van der Waals surface area contributed by atoms with Crippen LogP contribution in [0.1, 0.15) is 11.8 Å². The van der Waals surface area contributed by atoms with Gasteiger partial charge in [0.1, 0.15) is 15.8 Å². The normalized spacial score (nSPS) is 11.5. The molecule has 0 spiro atoms. The van der Waals surface area contributed by atoms with Crippen molar-refractivity contribution in [3.05, 3.63) is 46.8 Å². The van der Waals surface area contributed by atoms with Crippen molar-refractivity contribution in [3.63, 3.8) is 0 Å². The third kappa shape index (κ3) is 3.10. The lowest BCUT2D eigenvalue weighted by Gasteiger charge is -2.07. The minimum Gasteiger partial charge on any atom is -0.276 e. The summed E-state index contributed by atoms with van der Waals surface area (Å²) in [4.78, 5) is 0.917. The summed E-state index contributed by atoms with van der Waals surface area (Å²) in [7, 11) is -3.83. The summed E-state index contributed by atoms with van der Waals surface area (Å²) in [5.74, 6) is -1.71. The maximum absolute atomic E-state index is 13.4. The van der Waals surface area contributed by atoms with E-state index in [4.69, 9.17) is 0 Å². The summed E-state index contributed by atoms with van der Waals surface area (Å²) in [6.07, 6.45) is 0.727. The Balaban J connectivity index is 2.30. The largest absolute Gasteiger partial charge is 0.276 e. The summed E-state index contributed by atoms with van der Waals surface area (Å²) in [5, 5.41) is 0. The average Bonchev–Trinajstić information content (AvgIpc) is 2.82. The fraction of sp³-hybridized carbons (Fsp3) is 0.167. The second-order valence-electron chi connectivity index (χ2n) is 3.80. The van der Waals surface area contributed by atoms with E-state index in [0.717, 1.165) is 34.8 Å². The van der Waals surface area contributed by atoms with Crippen molar-refractivity contribution in [2.75, 3.05) is 4.72 Å². The van der Waals surface area contributed by atoms with Crippen molar-refractivity contribution in [2.45, 2.75) is 17.6 Å². The van der Waals surface area contributed by atoms with Gasteiger partial charge in [0.15, 0.2) is 0 Å². The molecule has 102 valence electrons. The molecule has 19 heavy (non-hydrogen) atoms. The topological polar surface area (TPSA) is 46.2 Å². The van der Waals surface area contributed by atoms with Crippen molar-refractivity contribution >= 4 is 27.0 Å². The van der Waals surface area contributed by atoms with Crippen molar-refractivity contribution in [3.8, 4) is 0 Å². The summed E-state index contributed by atoms with van der Waals surface area (Å²) in [5.41, 5.74) is -0.271. The van der Waals surface area contributed by atoms with E-state index in [2.05, 4.69) is 4.72 Å². The number of nitrogens with one attached hydrogen (secondary N) is 1. The monoisotopic (exact) mass is 303 g/mol. The van der Waals surface area contributed by atoms with Gasteiger partial charge in [0.25, 0.3) is 10.0 Å². The third-order valence-corrected chi connectivity index (χ3v) is 5.51. The summed E-state index contributed by atoms with van der Waals surface area (Å²) in [6, 6.07) is 5.85. The van der Waals surface area contributed by atoms with Crippen LogP contribution in [0, 0.1) is 11.6 Å². The van der Waals surface area contributed by atoms with Gasteiger partial charge in [-0.05, 0) is 30.7 Å². The fourth-order valence-electron chi connectivity index (χ4n) is 1.46. The van der Waals surface area contributed by atoms with Crippen molar-refractivity contribution in [2.24, 2.45) is 0 Å². The van der Waals surface area contributed by atoms with E-state index in [1.54, 1.807) is 6.07 Å². The number of thiophene rings is 1. The SMILES string of the molecule is CCc1ccc(S(=O)(=O)Nc2ccc(F)cc2F)s1. The highest BCUT2D eigenvalue weighted by Gasteiger charge is 2.18. The van der Waals surface area contributed by atoms with Crippen LogP contribution in [0.5, 0.6) is 0 Å². The van der Waals surface area contributed by atoms with E-state index in [1.165, 1.54) is 6.07 Å². The van der Waals surface area contributed by atoms with Gasteiger partial charge in [0.05, 0.1) is 5.69 Å². The quantitative estimate of drug-likeness (QED) is 0.941. The second-order valence-corrected chi connectivity index (χ2v) is 6.88. The molecule has 0 unspecified atom stereocenters. The van der Waals surface area contributed by atoms with E-state index in [9.17, 15) is 17.2 Å². The lowest BCUT2D eigenvalue weighted by Crippen LogP contribution is -2.12. The molecule has 2 aromatic rings. The van der Waals surface area contributed by atoms with E-state index >= 15 is 0 Å². The molecule has 0 aliphatic rings. The van der Waals surface area contributed by atoms with Crippen LogP contribution in [0.4, 0.5) is 14.5 Å². The molecule has 0 saturated carbocycles. The minimum absolute atomic E-state index is 0.105. The van der Waals surface area contributed by atoms with Gasteiger partial charge in [-0.25, -0.2) is 17.2 Å². The van der Waals surface area contributed by atoms with Crippen LogP contribution in [-0.4, -0.2) is 8.42 Å². The summed E-state index contributed by atoms with van der Waals surface area (Å²) in [6.45, 7) is 1.91. The Morgan fingerprint density at radius 2 is 1.95 bits per heavy atom. The van der Waals surface area contributed by atoms with Gasteiger partial charge in [0, 0.05) is 10.9 Å². The molecule has 1 heterocycles. The maximum Gasteiger partial charge on any atom is 0.271 e. The zero-order chi connectivity index (χ0) is 14.0. The molecule has 0 radical (unpaired) electrons. The second kappa shape index (κ2) is 5.26. The van der Waals surface area contributed by atoms with Crippen LogP contribution in [0.25, 0.3) is 0 Å². The van der Waals surface area contributed by atoms with E-state index in [-0.39, 0.29) is 9.90 Å². The van der Waals surface area contributed by atoms with E-state index in [1.807, 2.05) is 6.92 Å². The van der Waals surface area contributed by atoms with Gasteiger partial charge in [-0.1, -0.05) is 6.92 Å². The Kier molecular flexibility index (Phi) is 3.86. The Bertz CT molecular complexity index is 696. The van der Waals surface area contributed by atoms with Gasteiger partial charge >= 0.3 is 0 Å². The first-order valence-electron chi connectivity index (χ1n) is 5.49. The lowest BCUT2D eigenvalue weighted by molar-refractivity contribution is 0.583. The number of hydrogen-bond donors (Lipinski definition) is 1. The Hall–Kier alpha value is -1.47. The third-order valence-electron chi connectivity index (χ3n) is 2.43. The molecular weight excluding hydrogens is 292 g/mol. The maximum atomic E-state index is 13.4. The van der Waals surface area contributed by atoms with Crippen LogP contribution in [0.2, 0.25) is 0 Å². The highest BCUT2D eigenvalue weighted by atomic mass is 32.2. The predicted octanol–water partition coefficient (Wildman–Crippen LogP) is 3.39. The molecule has 1 N–H and O–H groups in total. The van der Waals surface area contributed by atoms with Gasteiger partial charge in [-0.15, -0.1) is 11.3 Å². The summed E-state index contributed by atoms with van der Waals surface area (Å²) >= 11 is 1.12. The molecule has 0 atom stereocenters. The lowest BCUT2D eigenvalue weighted by atomic mass is 10.3. The molecule has 0 aliphatic carbocycles. The first kappa shape index (κ1) is 14.0. The van der Waals surface area contributed by atoms with Crippen LogP contribution in [-0.2, 0) is 16.4 Å². The molecule has 1 aromatic heterocycles. The molecule has 0 saturated heterocycles. The highest BCUT2D eigenvalue weighted by molar-refractivity contribution is 7.94. The van der Waals surface area contributed by atoms with Gasteiger partial charge < -0.3 is 0 Å². The van der Waals surface area contributed by atoms with Crippen LogP contribution in [0.3, 0.4) is 0 Å². The Labute approximate surface area is 114 Å². The number of anilines is 1. The Morgan fingerprint density at radius 3 is 2.53 bits per heavy atom.